The van der Waals surface area contributed by atoms with Crippen LogP contribution in [-0.2, 0) is 9.63 Å². The number of halogens is 3. The third-order valence-electron chi connectivity index (χ3n) is 5.12. The number of thiazole rings is 1. The molecule has 1 aromatic heterocycles. The second kappa shape index (κ2) is 8.40. The van der Waals surface area contributed by atoms with Gasteiger partial charge in [0.25, 0.3) is 0 Å². The molecule has 0 saturated carbocycles. The van der Waals surface area contributed by atoms with E-state index >= 15 is 0 Å². The Morgan fingerprint density at radius 3 is 2.68 bits per heavy atom. The number of aromatic nitrogens is 1. The number of rotatable bonds is 4. The highest BCUT2D eigenvalue weighted by molar-refractivity contribution is 14.1. The van der Waals surface area contributed by atoms with Crippen molar-refractivity contribution < 1.29 is 18.4 Å². The van der Waals surface area contributed by atoms with Gasteiger partial charge in [0, 0.05) is 30.8 Å². The lowest BCUT2D eigenvalue weighted by molar-refractivity contribution is -0.129. The zero-order chi connectivity index (χ0) is 19.7. The summed E-state index contributed by atoms with van der Waals surface area (Å²) in [5.41, 5.74) is 1.21. The molecule has 28 heavy (non-hydrogen) atoms. The Bertz CT molecular complexity index is 892. The van der Waals surface area contributed by atoms with Crippen LogP contribution in [0.2, 0.25) is 0 Å². The third-order valence-corrected chi connectivity index (χ3v) is 6.78. The fourth-order valence-corrected chi connectivity index (χ4v) is 5.05. The first kappa shape index (κ1) is 19.7. The number of nitrogens with zero attached hydrogens (tertiary/aromatic N) is 3. The number of alkyl halides is 1. The first-order chi connectivity index (χ1) is 13.6. The molecule has 1 saturated heterocycles. The van der Waals surface area contributed by atoms with Gasteiger partial charge in [-0.25, -0.2) is 13.8 Å². The molecule has 2 aromatic rings. The van der Waals surface area contributed by atoms with Gasteiger partial charge in [-0.15, -0.1) is 11.3 Å². The van der Waals surface area contributed by atoms with E-state index in [9.17, 15) is 13.6 Å². The lowest BCUT2D eigenvalue weighted by Gasteiger charge is -2.30. The summed E-state index contributed by atoms with van der Waals surface area (Å²) in [4.78, 5) is 23.7. The Balaban J connectivity index is 1.41. The number of hydrogen-bond donors (Lipinski definition) is 0. The Morgan fingerprint density at radius 1 is 1.29 bits per heavy atom. The second-order valence-electron chi connectivity index (χ2n) is 6.83. The minimum Gasteiger partial charge on any atom is -0.387 e. The van der Waals surface area contributed by atoms with E-state index < -0.39 is 17.7 Å². The van der Waals surface area contributed by atoms with Crippen LogP contribution in [0.5, 0.6) is 0 Å². The highest BCUT2D eigenvalue weighted by Crippen LogP contribution is 2.35. The van der Waals surface area contributed by atoms with Gasteiger partial charge >= 0.3 is 0 Å². The monoisotopic (exact) mass is 517 g/mol. The van der Waals surface area contributed by atoms with E-state index in [1.54, 1.807) is 11.3 Å². The van der Waals surface area contributed by atoms with Gasteiger partial charge in [-0.05, 0) is 25.0 Å². The van der Waals surface area contributed by atoms with E-state index in [-0.39, 0.29) is 17.9 Å². The number of benzene rings is 1. The molecule has 0 radical (unpaired) electrons. The number of piperidine rings is 1. The molecule has 1 fully saturated rings. The lowest BCUT2D eigenvalue weighted by Crippen LogP contribution is -2.38. The fourth-order valence-electron chi connectivity index (χ4n) is 3.57. The molecule has 148 valence electrons. The van der Waals surface area contributed by atoms with Gasteiger partial charge < -0.3 is 9.74 Å². The predicted octanol–water partition coefficient (Wildman–Crippen LogP) is 4.43. The molecule has 1 aromatic carbocycles. The summed E-state index contributed by atoms with van der Waals surface area (Å²) in [5.74, 6) is -0.760. The van der Waals surface area contributed by atoms with Crippen LogP contribution in [0.15, 0.2) is 28.7 Å². The Hall–Kier alpha value is -1.62. The average molecular weight is 517 g/mol. The number of carbonyl (C=O) groups excluding carboxylic acids is 1. The van der Waals surface area contributed by atoms with E-state index in [1.165, 1.54) is 18.2 Å². The van der Waals surface area contributed by atoms with Crippen molar-refractivity contribution in [3.05, 3.63) is 51.5 Å². The standard InChI is InChI=1S/C19H18F2IN3O2S/c20-12-2-1-3-13(21)18(12)16-8-14(24-27-16)15-10-28-19(23-15)11-4-6-25(7-5-11)17(26)9-22/h1-3,10-11,16H,4-9H2. The van der Waals surface area contributed by atoms with E-state index in [1.807, 2.05) is 10.3 Å². The minimum atomic E-state index is -0.774. The summed E-state index contributed by atoms with van der Waals surface area (Å²) >= 11 is 3.65. The zero-order valence-corrected chi connectivity index (χ0v) is 17.9. The van der Waals surface area contributed by atoms with Crippen molar-refractivity contribution in [2.45, 2.75) is 31.3 Å². The predicted molar refractivity (Wildman–Crippen MR) is 111 cm³/mol. The quantitative estimate of drug-likeness (QED) is 0.446. The molecule has 0 N–H and O–H groups in total. The van der Waals surface area contributed by atoms with Gasteiger partial charge in [-0.2, -0.15) is 0 Å². The van der Waals surface area contributed by atoms with Crippen molar-refractivity contribution in [1.82, 2.24) is 9.88 Å². The Labute approximate surface area is 178 Å². The van der Waals surface area contributed by atoms with Crippen LogP contribution < -0.4 is 0 Å². The van der Waals surface area contributed by atoms with Crippen LogP contribution in [-0.4, -0.2) is 39.0 Å². The lowest BCUT2D eigenvalue weighted by atomic mass is 9.97. The van der Waals surface area contributed by atoms with Crippen LogP contribution >= 0.6 is 33.9 Å². The number of likely N-dealkylation sites (tertiary alicyclic amines) is 1. The number of oxime groups is 1. The van der Waals surface area contributed by atoms with Crippen LogP contribution in [0.4, 0.5) is 8.78 Å². The summed E-state index contributed by atoms with van der Waals surface area (Å²) in [6, 6.07) is 3.77. The molecule has 3 heterocycles. The maximum absolute atomic E-state index is 14.0. The summed E-state index contributed by atoms with van der Waals surface area (Å²) < 4.78 is 28.5. The van der Waals surface area contributed by atoms with E-state index in [0.717, 1.165) is 30.9 Å². The molecule has 5 nitrogen and oxygen atoms in total. The van der Waals surface area contributed by atoms with Gasteiger partial charge in [0.05, 0.1) is 20.7 Å². The molecule has 2 aliphatic heterocycles. The molecule has 9 heteroatoms. The van der Waals surface area contributed by atoms with Gasteiger partial charge in [0.15, 0.2) is 6.10 Å². The number of amides is 1. The van der Waals surface area contributed by atoms with Crippen molar-refractivity contribution in [2.24, 2.45) is 5.16 Å². The molecule has 0 bridgehead atoms. The molecular weight excluding hydrogens is 499 g/mol. The van der Waals surface area contributed by atoms with Crippen LogP contribution in [0.3, 0.4) is 0 Å². The van der Waals surface area contributed by atoms with Gasteiger partial charge in [-0.1, -0.05) is 33.8 Å². The topological polar surface area (TPSA) is 54.8 Å². The van der Waals surface area contributed by atoms with Gasteiger partial charge in [0.2, 0.25) is 5.91 Å². The number of hydrogen-bond acceptors (Lipinski definition) is 5. The van der Waals surface area contributed by atoms with Gasteiger partial charge in [0.1, 0.15) is 17.3 Å². The first-order valence-corrected chi connectivity index (χ1v) is 11.4. The molecule has 1 unspecified atom stereocenters. The molecule has 0 spiro atoms. The maximum atomic E-state index is 14.0. The highest BCUT2D eigenvalue weighted by Gasteiger charge is 2.31. The van der Waals surface area contributed by atoms with Crippen LogP contribution in [0, 0.1) is 11.6 Å². The normalized spacial score (nSPS) is 20.2. The van der Waals surface area contributed by atoms with Crippen molar-refractivity contribution >= 4 is 45.5 Å². The molecular formula is C19H18F2IN3O2S. The van der Waals surface area contributed by atoms with Crippen LogP contribution in [0.25, 0.3) is 0 Å². The molecule has 0 aliphatic carbocycles. The molecule has 4 rings (SSSR count). The van der Waals surface area contributed by atoms with E-state index in [4.69, 9.17) is 9.82 Å². The second-order valence-corrected chi connectivity index (χ2v) is 8.48. The molecule has 1 atom stereocenters. The summed E-state index contributed by atoms with van der Waals surface area (Å²) in [6.45, 7) is 1.50. The zero-order valence-electron chi connectivity index (χ0n) is 14.9. The van der Waals surface area contributed by atoms with Crippen molar-refractivity contribution in [3.8, 4) is 0 Å². The summed E-state index contributed by atoms with van der Waals surface area (Å²) in [5, 5.41) is 6.95. The summed E-state index contributed by atoms with van der Waals surface area (Å²) in [6.07, 6.45) is 1.29. The fraction of sp³-hybridized carbons (Fsp3) is 0.421. The van der Waals surface area contributed by atoms with Crippen LogP contribution in [0.1, 0.15) is 47.5 Å². The Kier molecular flexibility index (Phi) is 5.91. The van der Waals surface area contributed by atoms with E-state index in [2.05, 4.69) is 27.7 Å². The SMILES string of the molecule is O=C(CI)N1CCC(c2nc(C3=NOC(c4c(F)cccc4F)C3)cs2)CC1. The molecule has 2 aliphatic rings. The van der Waals surface area contributed by atoms with Crippen molar-refractivity contribution in [1.29, 1.82) is 0 Å². The highest BCUT2D eigenvalue weighted by atomic mass is 127. The smallest absolute Gasteiger partial charge is 0.232 e. The average Bonchev–Trinajstić information content (AvgIpc) is 3.37. The summed E-state index contributed by atoms with van der Waals surface area (Å²) in [7, 11) is 0. The first-order valence-electron chi connectivity index (χ1n) is 9.03. The third kappa shape index (κ3) is 3.91. The minimum absolute atomic E-state index is 0.0935. The van der Waals surface area contributed by atoms with Crippen molar-refractivity contribution in [3.63, 3.8) is 0 Å². The number of carbonyl (C=O) groups is 1. The maximum Gasteiger partial charge on any atom is 0.232 e. The van der Waals surface area contributed by atoms with Crippen molar-refractivity contribution in [2.75, 3.05) is 17.5 Å². The van der Waals surface area contributed by atoms with E-state index in [0.29, 0.717) is 21.8 Å². The van der Waals surface area contributed by atoms with Gasteiger partial charge in [-0.3, -0.25) is 4.79 Å². The Morgan fingerprint density at radius 2 is 2.00 bits per heavy atom. The molecule has 1 amide bonds. The largest absolute Gasteiger partial charge is 0.387 e.